The van der Waals surface area contributed by atoms with E-state index in [1.54, 1.807) is 48.5 Å². The van der Waals surface area contributed by atoms with Crippen molar-refractivity contribution in [3.05, 3.63) is 139 Å². The molecule has 3 heterocycles. The van der Waals surface area contributed by atoms with Gasteiger partial charge in [-0.25, -0.2) is 9.97 Å². The Morgan fingerprint density at radius 2 is 1.00 bits per heavy atom. The molecule has 13 heteroatoms. The van der Waals surface area contributed by atoms with E-state index < -0.39 is 23.6 Å². The molecule has 0 saturated heterocycles. The van der Waals surface area contributed by atoms with Crippen LogP contribution in [0.3, 0.4) is 0 Å². The summed E-state index contributed by atoms with van der Waals surface area (Å²) in [7, 11) is 0. The molecule has 0 spiro atoms. The zero-order chi connectivity index (χ0) is 40.7. The molecule has 5 aromatic carbocycles. The van der Waals surface area contributed by atoms with E-state index in [1.165, 1.54) is 18.2 Å². The van der Waals surface area contributed by atoms with Crippen molar-refractivity contribution in [1.82, 2.24) is 9.97 Å². The van der Waals surface area contributed by atoms with Crippen LogP contribution in [0.5, 0.6) is 17.2 Å². The van der Waals surface area contributed by atoms with Gasteiger partial charge in [-0.1, -0.05) is 86.1 Å². The van der Waals surface area contributed by atoms with Gasteiger partial charge in [-0.15, -0.1) is 0 Å². The van der Waals surface area contributed by atoms with Crippen LogP contribution in [0, 0.1) is 0 Å². The quantitative estimate of drug-likeness (QED) is 0.128. The second-order valence-electron chi connectivity index (χ2n) is 13.7. The molecule has 6 bridgehead atoms. The zero-order valence-electron chi connectivity index (χ0n) is 31.9. The van der Waals surface area contributed by atoms with E-state index in [0.717, 1.165) is 34.4 Å². The minimum absolute atomic E-state index is 0.133. The Labute approximate surface area is 338 Å². The first-order valence-electron chi connectivity index (χ1n) is 19.0. The molecule has 8 rings (SSSR count). The highest BCUT2D eigenvalue weighted by atomic mass is 16.5. The van der Waals surface area contributed by atoms with E-state index in [-0.39, 0.29) is 47.6 Å². The van der Waals surface area contributed by atoms with Crippen LogP contribution in [0.15, 0.2) is 127 Å². The lowest BCUT2D eigenvalue weighted by molar-refractivity contribution is -0.118. The van der Waals surface area contributed by atoms with Crippen molar-refractivity contribution in [2.75, 3.05) is 41.1 Å². The van der Waals surface area contributed by atoms with E-state index in [1.807, 2.05) is 67.6 Å². The minimum atomic E-state index is -0.563. The second-order valence-corrected chi connectivity index (χ2v) is 13.7. The van der Waals surface area contributed by atoms with Crippen LogP contribution in [-0.2, 0) is 9.59 Å². The third-order valence-corrected chi connectivity index (χ3v) is 9.46. The van der Waals surface area contributed by atoms with Crippen molar-refractivity contribution in [3.8, 4) is 28.4 Å². The number of rotatable bonds is 4. The zero-order valence-corrected chi connectivity index (χ0v) is 31.9. The van der Waals surface area contributed by atoms with Gasteiger partial charge in [0.15, 0.2) is 13.2 Å². The molecule has 0 aliphatic carbocycles. The number of amides is 4. The van der Waals surface area contributed by atoms with Crippen molar-refractivity contribution >= 4 is 68.4 Å². The van der Waals surface area contributed by atoms with Gasteiger partial charge in [-0.3, -0.25) is 19.2 Å². The SMILES string of the molecule is CCCCOc1cc2cc(c1)C(=O)Nc1cccc(n1)NC(=O)COc1ccc3ccccc3c1-c1c(ccc3ccccc13)OCC(=O)Nc1cccc(n1)NC2=O. The molecule has 13 nitrogen and oxygen atoms in total. The lowest BCUT2D eigenvalue weighted by Gasteiger charge is -2.19. The minimum Gasteiger partial charge on any atom is -0.494 e. The van der Waals surface area contributed by atoms with Crippen LogP contribution in [0.2, 0.25) is 0 Å². The second kappa shape index (κ2) is 17.1. The van der Waals surface area contributed by atoms with E-state index in [2.05, 4.69) is 31.2 Å². The molecule has 7 aromatic rings. The third kappa shape index (κ3) is 8.79. The van der Waals surface area contributed by atoms with Gasteiger partial charge in [0.25, 0.3) is 23.6 Å². The normalized spacial score (nSPS) is 13.5. The number of nitrogens with zero attached hydrogens (tertiary/aromatic N) is 2. The van der Waals surface area contributed by atoms with Crippen molar-refractivity contribution in [2.24, 2.45) is 0 Å². The lowest BCUT2D eigenvalue weighted by atomic mass is 9.92. The fraction of sp³-hybridized carbons (Fsp3) is 0.130. The molecule has 1 aliphatic heterocycles. The number of aromatic nitrogens is 2. The first-order valence-corrected chi connectivity index (χ1v) is 19.0. The molecule has 0 radical (unpaired) electrons. The lowest BCUT2D eigenvalue weighted by Crippen LogP contribution is -2.22. The summed E-state index contributed by atoms with van der Waals surface area (Å²) in [5.74, 6) is -0.316. The highest BCUT2D eigenvalue weighted by Crippen LogP contribution is 2.45. The monoisotopic (exact) mass is 786 g/mol. The molecule has 294 valence electrons. The number of fused-ring (bicyclic) bond motifs is 13. The van der Waals surface area contributed by atoms with Crippen molar-refractivity contribution in [3.63, 3.8) is 0 Å². The van der Waals surface area contributed by atoms with E-state index in [9.17, 15) is 19.2 Å². The number of carbonyl (C=O) groups is 4. The van der Waals surface area contributed by atoms with Crippen LogP contribution in [0.25, 0.3) is 32.7 Å². The Hall–Kier alpha value is -7.80. The van der Waals surface area contributed by atoms with Crippen LogP contribution in [0.1, 0.15) is 40.5 Å². The van der Waals surface area contributed by atoms with Crippen molar-refractivity contribution < 1.29 is 33.4 Å². The number of pyridine rings is 2. The van der Waals surface area contributed by atoms with Gasteiger partial charge < -0.3 is 35.5 Å². The van der Waals surface area contributed by atoms with Gasteiger partial charge in [0.05, 0.1) is 6.61 Å². The molecular formula is C46H38N6O7. The molecular weight excluding hydrogens is 749 g/mol. The number of benzene rings is 5. The third-order valence-electron chi connectivity index (χ3n) is 9.46. The standard InChI is InChI=1S/C46H38N6O7/c1-2-3-22-57-32-24-30-23-31(25-32)46(56)52-40-17-9-15-38(48-40)50-42(54)27-59-36-21-19-29-11-5-7-13-34(29)44(36)43-33-12-6-4-10-28(33)18-20-35(43)58-26-41(53)49-37-14-8-16-39(47-37)51-45(30)55/h4-21,23-25H,2-3,22,26-27H2,1H3,(H2,47,49,51,53,55)(H2,48,50,52,54,56). The maximum absolute atomic E-state index is 13.6. The summed E-state index contributed by atoms with van der Waals surface area (Å²) in [6.07, 6.45) is 1.66. The van der Waals surface area contributed by atoms with E-state index in [0.29, 0.717) is 35.0 Å². The number of carbonyl (C=O) groups excluding carboxylic acids is 4. The molecule has 0 fully saturated rings. The summed E-state index contributed by atoms with van der Waals surface area (Å²) < 4.78 is 18.5. The molecule has 4 N–H and O–H groups in total. The van der Waals surface area contributed by atoms with Gasteiger partial charge in [0.1, 0.15) is 40.5 Å². The molecule has 4 amide bonds. The number of unbranched alkanes of at least 4 members (excludes halogenated alkanes) is 1. The smallest absolute Gasteiger partial charge is 0.263 e. The molecule has 0 unspecified atom stereocenters. The summed E-state index contributed by atoms with van der Waals surface area (Å²) >= 11 is 0. The number of anilines is 4. The van der Waals surface area contributed by atoms with Crippen LogP contribution in [-0.4, -0.2) is 53.4 Å². The van der Waals surface area contributed by atoms with Crippen LogP contribution in [0.4, 0.5) is 23.3 Å². The Morgan fingerprint density at radius 1 is 0.542 bits per heavy atom. The Balaban J connectivity index is 1.19. The van der Waals surface area contributed by atoms with Gasteiger partial charge in [0.2, 0.25) is 0 Å². The van der Waals surface area contributed by atoms with Crippen molar-refractivity contribution in [2.45, 2.75) is 19.8 Å². The van der Waals surface area contributed by atoms with Crippen LogP contribution >= 0.6 is 0 Å². The van der Waals surface area contributed by atoms with Crippen molar-refractivity contribution in [1.29, 1.82) is 0 Å². The maximum atomic E-state index is 13.6. The van der Waals surface area contributed by atoms with E-state index >= 15 is 0 Å². The van der Waals surface area contributed by atoms with Gasteiger partial charge in [-0.2, -0.15) is 0 Å². The number of nitrogens with one attached hydrogen (secondary N) is 4. The number of hydrogen-bond donors (Lipinski definition) is 4. The Kier molecular flexibility index (Phi) is 11.1. The predicted octanol–water partition coefficient (Wildman–Crippen LogP) is 8.48. The first-order chi connectivity index (χ1) is 28.8. The van der Waals surface area contributed by atoms with E-state index in [4.69, 9.17) is 14.2 Å². The number of hydrogen-bond acceptors (Lipinski definition) is 9. The van der Waals surface area contributed by atoms with Gasteiger partial charge >= 0.3 is 0 Å². The summed E-state index contributed by atoms with van der Waals surface area (Å²) in [6.45, 7) is 1.65. The highest BCUT2D eigenvalue weighted by Gasteiger charge is 2.22. The average Bonchev–Trinajstić information content (AvgIpc) is 3.24. The fourth-order valence-corrected chi connectivity index (χ4v) is 6.71. The Morgan fingerprint density at radius 3 is 1.47 bits per heavy atom. The number of ether oxygens (including phenoxy) is 3. The summed E-state index contributed by atoms with van der Waals surface area (Å²) in [4.78, 5) is 63.0. The highest BCUT2D eigenvalue weighted by molar-refractivity contribution is 6.11. The van der Waals surface area contributed by atoms with Gasteiger partial charge in [0, 0.05) is 22.3 Å². The largest absolute Gasteiger partial charge is 0.494 e. The fourth-order valence-electron chi connectivity index (χ4n) is 6.71. The predicted molar refractivity (Wildman–Crippen MR) is 226 cm³/mol. The topological polar surface area (TPSA) is 170 Å². The summed E-state index contributed by atoms with van der Waals surface area (Å²) in [5, 5.41) is 14.5. The molecule has 1 aliphatic rings. The molecule has 2 aromatic heterocycles. The molecule has 59 heavy (non-hydrogen) atoms. The van der Waals surface area contributed by atoms with Crippen LogP contribution < -0.4 is 35.5 Å². The maximum Gasteiger partial charge on any atom is 0.263 e. The Bertz CT molecular complexity index is 2580. The summed E-state index contributed by atoms with van der Waals surface area (Å²) in [6, 6.07) is 37.1. The summed E-state index contributed by atoms with van der Waals surface area (Å²) in [5.41, 5.74) is 1.61. The molecule has 0 atom stereocenters. The first kappa shape index (κ1) is 38.1. The molecule has 0 saturated carbocycles. The average molecular weight is 787 g/mol. The van der Waals surface area contributed by atoms with Gasteiger partial charge in [-0.05, 0) is 82.6 Å².